The van der Waals surface area contributed by atoms with Crippen molar-refractivity contribution in [3.8, 4) is 0 Å². The van der Waals surface area contributed by atoms with E-state index in [-0.39, 0.29) is 44.4 Å². The van der Waals surface area contributed by atoms with Crippen LogP contribution in [-0.4, -0.2) is 37.2 Å². The van der Waals surface area contributed by atoms with Crippen LogP contribution >= 0.6 is 0 Å². The number of hydrogen-bond acceptors (Lipinski definition) is 6. The van der Waals surface area contributed by atoms with Crippen molar-refractivity contribution in [2.75, 3.05) is 13.2 Å². The fourth-order valence-corrected chi connectivity index (χ4v) is 5.25. The van der Waals surface area contributed by atoms with Crippen LogP contribution in [0.4, 0.5) is 0 Å². The molecule has 0 aliphatic rings. The lowest BCUT2D eigenvalue weighted by atomic mass is 10.1. The van der Waals surface area contributed by atoms with Gasteiger partial charge in [0.2, 0.25) is 0 Å². The highest BCUT2D eigenvalue weighted by molar-refractivity contribution is 5.71. The third-order valence-electron chi connectivity index (χ3n) is 8.62. The molecular formula is C56H80O6. The van der Waals surface area contributed by atoms with E-state index in [9.17, 15) is 14.4 Å². The lowest BCUT2D eigenvalue weighted by Gasteiger charge is -2.18. The van der Waals surface area contributed by atoms with E-state index < -0.39 is 12.1 Å². The van der Waals surface area contributed by atoms with E-state index in [1.165, 1.54) is 0 Å². The number of ether oxygens (including phenoxy) is 3. The van der Waals surface area contributed by atoms with Gasteiger partial charge in [-0.1, -0.05) is 197 Å². The average Bonchev–Trinajstić information content (AvgIpc) is 3.27. The van der Waals surface area contributed by atoms with Crippen LogP contribution < -0.4 is 0 Å². The van der Waals surface area contributed by atoms with Crippen LogP contribution in [0.25, 0.3) is 0 Å². The summed E-state index contributed by atoms with van der Waals surface area (Å²) in [4.78, 5) is 37.8. The van der Waals surface area contributed by atoms with E-state index in [1.807, 2.05) is 72.9 Å². The van der Waals surface area contributed by atoms with Gasteiger partial charge in [-0.05, 0) is 96.3 Å². The zero-order chi connectivity index (χ0) is 45.1. The molecule has 0 aliphatic heterocycles. The van der Waals surface area contributed by atoms with Crippen LogP contribution in [0.15, 0.2) is 170 Å². The van der Waals surface area contributed by atoms with E-state index in [1.54, 1.807) is 0 Å². The van der Waals surface area contributed by atoms with Gasteiger partial charge in [0.15, 0.2) is 6.10 Å². The Labute approximate surface area is 377 Å². The number of hydrogen-bond donors (Lipinski definition) is 0. The maximum absolute atomic E-state index is 12.7. The number of rotatable bonds is 38. The molecule has 0 aromatic heterocycles. The topological polar surface area (TPSA) is 78.9 Å². The summed E-state index contributed by atoms with van der Waals surface area (Å²) in [7, 11) is 0. The van der Waals surface area contributed by atoms with Crippen LogP contribution in [0.3, 0.4) is 0 Å². The molecule has 1 unspecified atom stereocenters. The second-order valence-electron chi connectivity index (χ2n) is 14.3. The van der Waals surface area contributed by atoms with E-state index in [0.717, 1.165) is 83.5 Å². The normalized spacial score (nSPS) is 13.7. The van der Waals surface area contributed by atoms with Gasteiger partial charge in [0, 0.05) is 19.3 Å². The Balaban J connectivity index is 4.69. The minimum atomic E-state index is -0.864. The zero-order valence-electron chi connectivity index (χ0n) is 38.5. The molecule has 0 spiro atoms. The van der Waals surface area contributed by atoms with Crippen LogP contribution in [0.5, 0.6) is 0 Å². The quantitative estimate of drug-likeness (QED) is 0.0202. The fraction of sp³-hybridized carbons (Fsp3) is 0.446. The smallest absolute Gasteiger partial charge is 0.306 e. The first-order chi connectivity index (χ1) is 30.5. The third-order valence-corrected chi connectivity index (χ3v) is 8.62. The van der Waals surface area contributed by atoms with Gasteiger partial charge in [-0.3, -0.25) is 14.4 Å². The summed E-state index contributed by atoms with van der Waals surface area (Å²) in [6.45, 7) is 6.06. The molecule has 0 aromatic rings. The van der Waals surface area contributed by atoms with Gasteiger partial charge in [0.1, 0.15) is 13.2 Å². The summed E-state index contributed by atoms with van der Waals surface area (Å²) in [5.41, 5.74) is 0. The molecule has 0 aliphatic carbocycles. The maximum atomic E-state index is 12.7. The molecule has 340 valence electrons. The van der Waals surface area contributed by atoms with Crippen molar-refractivity contribution in [2.24, 2.45) is 0 Å². The first-order valence-corrected chi connectivity index (χ1v) is 23.2. The molecule has 0 fully saturated rings. The zero-order valence-corrected chi connectivity index (χ0v) is 38.5. The lowest BCUT2D eigenvalue weighted by Crippen LogP contribution is -2.30. The molecule has 0 amide bonds. The number of esters is 3. The van der Waals surface area contributed by atoms with E-state index in [0.29, 0.717) is 19.3 Å². The molecule has 1 atom stereocenters. The Morgan fingerprint density at radius 1 is 0.339 bits per heavy atom. The summed E-state index contributed by atoms with van der Waals surface area (Å²) in [5, 5.41) is 0. The van der Waals surface area contributed by atoms with Gasteiger partial charge in [0.05, 0.1) is 0 Å². The van der Waals surface area contributed by atoms with E-state index >= 15 is 0 Å². The minimum Gasteiger partial charge on any atom is -0.462 e. The van der Waals surface area contributed by atoms with E-state index in [2.05, 4.69) is 118 Å². The molecule has 62 heavy (non-hydrogen) atoms. The molecule has 6 nitrogen and oxygen atoms in total. The van der Waals surface area contributed by atoms with Crippen LogP contribution in [0.2, 0.25) is 0 Å². The fourth-order valence-electron chi connectivity index (χ4n) is 5.25. The first-order valence-electron chi connectivity index (χ1n) is 23.2. The van der Waals surface area contributed by atoms with Crippen molar-refractivity contribution in [1.29, 1.82) is 0 Å². The van der Waals surface area contributed by atoms with Gasteiger partial charge in [0.25, 0.3) is 0 Å². The second-order valence-corrected chi connectivity index (χ2v) is 14.3. The summed E-state index contributed by atoms with van der Waals surface area (Å²) < 4.78 is 16.6. The summed E-state index contributed by atoms with van der Waals surface area (Å²) >= 11 is 0. The number of unbranched alkanes of at least 4 members (excludes halogenated alkanes) is 4. The average molecular weight is 849 g/mol. The van der Waals surface area contributed by atoms with Crippen molar-refractivity contribution in [1.82, 2.24) is 0 Å². The Hall–Kier alpha value is -5.23. The van der Waals surface area contributed by atoms with Gasteiger partial charge < -0.3 is 14.2 Å². The third kappa shape index (κ3) is 45.8. The highest BCUT2D eigenvalue weighted by Gasteiger charge is 2.19. The van der Waals surface area contributed by atoms with Gasteiger partial charge in [-0.2, -0.15) is 0 Å². The Kier molecular flexibility index (Phi) is 44.4. The monoisotopic (exact) mass is 849 g/mol. The minimum absolute atomic E-state index is 0.156. The lowest BCUT2D eigenvalue weighted by molar-refractivity contribution is -0.166. The molecule has 0 radical (unpaired) electrons. The molecule has 0 heterocycles. The maximum Gasteiger partial charge on any atom is 0.306 e. The Morgan fingerprint density at radius 2 is 0.710 bits per heavy atom. The van der Waals surface area contributed by atoms with Crippen molar-refractivity contribution in [3.63, 3.8) is 0 Å². The van der Waals surface area contributed by atoms with Gasteiger partial charge in [-0.25, -0.2) is 0 Å². The van der Waals surface area contributed by atoms with Gasteiger partial charge >= 0.3 is 17.9 Å². The Bertz CT molecular complexity index is 1530. The van der Waals surface area contributed by atoms with Crippen molar-refractivity contribution in [2.45, 2.75) is 149 Å². The molecule has 6 heteroatoms. The molecule has 0 N–H and O–H groups in total. The van der Waals surface area contributed by atoms with Crippen molar-refractivity contribution in [3.05, 3.63) is 170 Å². The predicted octanol–water partition coefficient (Wildman–Crippen LogP) is 15.2. The molecule has 0 rings (SSSR count). The SMILES string of the molecule is CC\C=C/C=C\C=C/C=C\C=C\C=C/CCCCCC(=O)OCC(COC(=O)CCC/C=C\C/C=C\C/C=C\CC)OC(=O)CC/C=C\C/C=C\C/C=C\C/C=C\C/C=C\CC. The molecule has 0 saturated heterocycles. The van der Waals surface area contributed by atoms with Gasteiger partial charge in [-0.15, -0.1) is 0 Å². The first kappa shape index (κ1) is 56.8. The van der Waals surface area contributed by atoms with E-state index in [4.69, 9.17) is 14.2 Å². The Morgan fingerprint density at radius 3 is 1.18 bits per heavy atom. The van der Waals surface area contributed by atoms with Crippen LogP contribution in [0, 0.1) is 0 Å². The molecule has 0 saturated carbocycles. The largest absolute Gasteiger partial charge is 0.462 e. The predicted molar refractivity (Wildman–Crippen MR) is 265 cm³/mol. The molecule has 0 aromatic carbocycles. The molecular weight excluding hydrogens is 769 g/mol. The summed E-state index contributed by atoms with van der Waals surface area (Å²) in [6.07, 6.45) is 72.1. The number of carbonyl (C=O) groups is 3. The van der Waals surface area contributed by atoms with Crippen molar-refractivity contribution < 1.29 is 28.6 Å². The summed E-state index contributed by atoms with van der Waals surface area (Å²) in [5.74, 6) is -1.16. The highest BCUT2D eigenvalue weighted by atomic mass is 16.6. The van der Waals surface area contributed by atoms with Crippen molar-refractivity contribution >= 4 is 17.9 Å². The number of carbonyl (C=O) groups excluding carboxylic acids is 3. The standard InChI is InChI=1S/C56H80O6/c1-4-7-10-13-16-19-22-24-26-28-30-31-34-37-40-43-46-49-55(58)61-52-53(51-60-54(57)48-45-42-39-36-33-21-18-15-12-9-6-3)62-56(59)50-47-44-41-38-35-32-29-27-25-23-20-17-14-11-8-5-2/h7-13,16-22,24-28,30-32,34-36,39,41,44,53H,4-6,14-15,23,29,33,37-38,40,42-43,45-52H2,1-3H3/b10-7-,11-8-,12-9-,16-13-,20-17-,21-18-,22-19-,26-24-,27-25-,30-28+,34-31-,35-32-,39-36-,44-41-. The highest BCUT2D eigenvalue weighted by Crippen LogP contribution is 2.09. The van der Waals surface area contributed by atoms with Crippen LogP contribution in [-0.2, 0) is 28.6 Å². The van der Waals surface area contributed by atoms with Crippen LogP contribution in [0.1, 0.15) is 143 Å². The summed E-state index contributed by atoms with van der Waals surface area (Å²) in [6, 6.07) is 0. The number of allylic oxidation sites excluding steroid dienone is 28. The second kappa shape index (κ2) is 48.4. The molecule has 0 bridgehead atoms.